The first kappa shape index (κ1) is 12.5. The Balaban J connectivity index is 2.24. The number of carbonyl (C=O) groups excluding carboxylic acids is 1. The molecule has 0 unspecified atom stereocenters. The fourth-order valence-corrected chi connectivity index (χ4v) is 1.68. The van der Waals surface area contributed by atoms with E-state index >= 15 is 0 Å². The van der Waals surface area contributed by atoms with Gasteiger partial charge in [-0.1, -0.05) is 13.8 Å². The standard InChI is InChI=1S/C11H23N3O/c1-9(2)6-13-11(15)8-14-5-4-12-7-10(14)3/h9-10,12H,4-8H2,1-3H3,(H,13,15)/t10-/m0/s1. The van der Waals surface area contributed by atoms with Crippen molar-refractivity contribution in [2.24, 2.45) is 5.92 Å². The highest BCUT2D eigenvalue weighted by Gasteiger charge is 2.19. The predicted molar refractivity (Wildman–Crippen MR) is 61.8 cm³/mol. The van der Waals surface area contributed by atoms with Gasteiger partial charge in [0.2, 0.25) is 5.91 Å². The number of nitrogens with one attached hydrogen (secondary N) is 2. The van der Waals surface area contributed by atoms with Crippen LogP contribution in [-0.2, 0) is 4.79 Å². The van der Waals surface area contributed by atoms with Crippen molar-refractivity contribution in [1.29, 1.82) is 0 Å². The van der Waals surface area contributed by atoms with Crippen LogP contribution in [0.4, 0.5) is 0 Å². The second-order valence-electron chi connectivity index (χ2n) is 4.72. The highest BCUT2D eigenvalue weighted by Crippen LogP contribution is 2.01. The molecule has 1 aliphatic heterocycles. The molecule has 88 valence electrons. The predicted octanol–water partition coefficient (Wildman–Crippen LogP) is 0.0523. The molecule has 0 aromatic carbocycles. The third-order valence-corrected chi connectivity index (χ3v) is 2.69. The minimum atomic E-state index is 0.150. The summed E-state index contributed by atoms with van der Waals surface area (Å²) in [6, 6.07) is 0.462. The molecule has 1 atom stereocenters. The third kappa shape index (κ3) is 4.62. The van der Waals surface area contributed by atoms with Crippen molar-refractivity contribution in [2.45, 2.75) is 26.8 Å². The van der Waals surface area contributed by atoms with Gasteiger partial charge in [0.05, 0.1) is 6.54 Å². The van der Waals surface area contributed by atoms with Crippen LogP contribution in [0, 0.1) is 5.92 Å². The number of rotatable bonds is 4. The molecule has 1 heterocycles. The molecule has 0 bridgehead atoms. The highest BCUT2D eigenvalue weighted by atomic mass is 16.2. The largest absolute Gasteiger partial charge is 0.355 e. The van der Waals surface area contributed by atoms with E-state index < -0.39 is 0 Å². The summed E-state index contributed by atoms with van der Waals surface area (Å²) in [6.07, 6.45) is 0. The molecule has 0 spiro atoms. The second-order valence-corrected chi connectivity index (χ2v) is 4.72. The summed E-state index contributed by atoms with van der Waals surface area (Å²) in [5, 5.41) is 6.26. The minimum Gasteiger partial charge on any atom is -0.355 e. The van der Waals surface area contributed by atoms with Gasteiger partial charge in [0.1, 0.15) is 0 Å². The molecule has 4 nitrogen and oxygen atoms in total. The van der Waals surface area contributed by atoms with Gasteiger partial charge in [-0.2, -0.15) is 0 Å². The van der Waals surface area contributed by atoms with Crippen molar-refractivity contribution >= 4 is 5.91 Å². The van der Waals surface area contributed by atoms with Crippen LogP contribution < -0.4 is 10.6 Å². The van der Waals surface area contributed by atoms with Crippen LogP contribution in [0.2, 0.25) is 0 Å². The van der Waals surface area contributed by atoms with Crippen molar-refractivity contribution in [3.63, 3.8) is 0 Å². The number of nitrogens with zero attached hydrogens (tertiary/aromatic N) is 1. The summed E-state index contributed by atoms with van der Waals surface area (Å²) in [6.45, 7) is 10.6. The maximum atomic E-state index is 11.6. The van der Waals surface area contributed by atoms with Gasteiger partial charge in [-0.15, -0.1) is 0 Å². The normalized spacial score (nSPS) is 23.1. The number of amides is 1. The first-order chi connectivity index (χ1) is 7.09. The molecule has 4 heteroatoms. The molecule has 1 amide bonds. The van der Waals surface area contributed by atoms with Crippen LogP contribution in [0.3, 0.4) is 0 Å². The summed E-state index contributed by atoms with van der Waals surface area (Å²) >= 11 is 0. The number of hydrogen-bond donors (Lipinski definition) is 2. The summed E-state index contributed by atoms with van der Waals surface area (Å²) in [4.78, 5) is 13.8. The number of carbonyl (C=O) groups is 1. The first-order valence-corrected chi connectivity index (χ1v) is 5.81. The lowest BCUT2D eigenvalue weighted by molar-refractivity contribution is -0.123. The molecule has 1 fully saturated rings. The Morgan fingerprint density at radius 3 is 2.93 bits per heavy atom. The quantitative estimate of drug-likeness (QED) is 0.694. The van der Waals surface area contributed by atoms with Crippen LogP contribution in [0.15, 0.2) is 0 Å². The van der Waals surface area contributed by atoms with Crippen molar-refractivity contribution in [2.75, 3.05) is 32.7 Å². The van der Waals surface area contributed by atoms with E-state index in [4.69, 9.17) is 0 Å². The Bertz CT molecular complexity index is 206. The zero-order valence-corrected chi connectivity index (χ0v) is 10.0. The molecular formula is C11H23N3O. The Morgan fingerprint density at radius 2 is 2.33 bits per heavy atom. The Morgan fingerprint density at radius 1 is 1.60 bits per heavy atom. The molecule has 0 aliphatic carbocycles. The van der Waals surface area contributed by atoms with Crippen molar-refractivity contribution in [3.8, 4) is 0 Å². The Labute approximate surface area is 92.4 Å². The lowest BCUT2D eigenvalue weighted by atomic mass is 10.2. The average molecular weight is 213 g/mol. The van der Waals surface area contributed by atoms with Gasteiger partial charge < -0.3 is 10.6 Å². The zero-order chi connectivity index (χ0) is 11.3. The van der Waals surface area contributed by atoms with Gasteiger partial charge in [0.25, 0.3) is 0 Å². The molecule has 0 aromatic rings. The van der Waals surface area contributed by atoms with Crippen LogP contribution in [0.5, 0.6) is 0 Å². The van der Waals surface area contributed by atoms with Gasteiger partial charge >= 0.3 is 0 Å². The topological polar surface area (TPSA) is 44.4 Å². The maximum absolute atomic E-state index is 11.6. The van der Waals surface area contributed by atoms with Gasteiger partial charge in [0, 0.05) is 32.2 Å². The lowest BCUT2D eigenvalue weighted by Crippen LogP contribution is -2.52. The second kappa shape index (κ2) is 6.08. The minimum absolute atomic E-state index is 0.150. The molecule has 0 saturated carbocycles. The molecule has 2 N–H and O–H groups in total. The van der Waals surface area contributed by atoms with Crippen molar-refractivity contribution in [3.05, 3.63) is 0 Å². The van der Waals surface area contributed by atoms with Crippen LogP contribution in [-0.4, -0.2) is 49.6 Å². The lowest BCUT2D eigenvalue weighted by Gasteiger charge is -2.33. The fraction of sp³-hybridized carbons (Fsp3) is 0.909. The summed E-state index contributed by atoms with van der Waals surface area (Å²) in [5.74, 6) is 0.673. The zero-order valence-electron chi connectivity index (χ0n) is 10.0. The van der Waals surface area contributed by atoms with E-state index in [-0.39, 0.29) is 5.91 Å². The molecular weight excluding hydrogens is 190 g/mol. The Kier molecular flexibility index (Phi) is 5.05. The smallest absolute Gasteiger partial charge is 0.234 e. The molecule has 15 heavy (non-hydrogen) atoms. The van der Waals surface area contributed by atoms with Crippen LogP contribution in [0.1, 0.15) is 20.8 Å². The molecule has 0 aromatic heterocycles. The third-order valence-electron chi connectivity index (χ3n) is 2.69. The molecule has 0 radical (unpaired) electrons. The van der Waals surface area contributed by atoms with Gasteiger partial charge in [-0.3, -0.25) is 9.69 Å². The molecule has 1 rings (SSSR count). The fourth-order valence-electron chi connectivity index (χ4n) is 1.68. The van der Waals surface area contributed by atoms with Crippen molar-refractivity contribution in [1.82, 2.24) is 15.5 Å². The highest BCUT2D eigenvalue weighted by molar-refractivity contribution is 5.78. The van der Waals surface area contributed by atoms with Gasteiger partial charge in [-0.05, 0) is 12.8 Å². The van der Waals surface area contributed by atoms with E-state index in [0.29, 0.717) is 18.5 Å². The van der Waals surface area contributed by atoms with E-state index in [0.717, 1.165) is 26.2 Å². The van der Waals surface area contributed by atoms with E-state index in [1.54, 1.807) is 0 Å². The summed E-state index contributed by atoms with van der Waals surface area (Å²) in [7, 11) is 0. The number of piperazine rings is 1. The van der Waals surface area contributed by atoms with Gasteiger partial charge in [0.15, 0.2) is 0 Å². The van der Waals surface area contributed by atoms with Crippen LogP contribution >= 0.6 is 0 Å². The molecule has 1 aliphatic rings. The van der Waals surface area contributed by atoms with Crippen molar-refractivity contribution < 1.29 is 4.79 Å². The van der Waals surface area contributed by atoms with E-state index in [9.17, 15) is 4.79 Å². The summed E-state index contributed by atoms with van der Waals surface area (Å²) in [5.41, 5.74) is 0. The van der Waals surface area contributed by atoms with Gasteiger partial charge in [-0.25, -0.2) is 0 Å². The summed E-state index contributed by atoms with van der Waals surface area (Å²) < 4.78 is 0. The van der Waals surface area contributed by atoms with E-state index in [1.165, 1.54) is 0 Å². The monoisotopic (exact) mass is 213 g/mol. The average Bonchev–Trinajstić information content (AvgIpc) is 2.18. The maximum Gasteiger partial charge on any atom is 0.234 e. The van der Waals surface area contributed by atoms with E-state index in [1.807, 2.05) is 0 Å². The number of hydrogen-bond acceptors (Lipinski definition) is 3. The molecule has 1 saturated heterocycles. The Hall–Kier alpha value is -0.610. The first-order valence-electron chi connectivity index (χ1n) is 5.81. The SMILES string of the molecule is CC(C)CNC(=O)CN1CCNC[C@@H]1C. The van der Waals surface area contributed by atoms with Crippen LogP contribution in [0.25, 0.3) is 0 Å². The van der Waals surface area contributed by atoms with E-state index in [2.05, 4.69) is 36.3 Å².